The second-order valence-electron chi connectivity index (χ2n) is 6.64. The van der Waals surface area contributed by atoms with Crippen molar-refractivity contribution in [3.8, 4) is 0 Å². The van der Waals surface area contributed by atoms with Crippen molar-refractivity contribution in [2.45, 2.75) is 45.3 Å². The van der Waals surface area contributed by atoms with Gasteiger partial charge in [-0.1, -0.05) is 0 Å². The number of hydrogen-bond donors (Lipinski definition) is 3. The molecular formula is C17H23N3O3S. The van der Waals surface area contributed by atoms with Crippen molar-refractivity contribution in [2.24, 2.45) is 5.92 Å². The number of hydrogen-bond acceptors (Lipinski definition) is 5. The van der Waals surface area contributed by atoms with Crippen LogP contribution in [0.3, 0.4) is 0 Å². The molecule has 2 amide bonds. The second kappa shape index (κ2) is 6.57. The lowest BCUT2D eigenvalue weighted by molar-refractivity contribution is 0.0358. The zero-order valence-electron chi connectivity index (χ0n) is 14.1. The molecule has 2 atom stereocenters. The molecule has 1 fully saturated rings. The van der Waals surface area contributed by atoms with Gasteiger partial charge in [0.05, 0.1) is 12.6 Å². The third-order valence-corrected chi connectivity index (χ3v) is 5.15. The molecule has 1 aliphatic rings. The Labute approximate surface area is 145 Å². The Morgan fingerprint density at radius 2 is 2.25 bits per heavy atom. The molecule has 1 aliphatic carbocycles. The van der Waals surface area contributed by atoms with Gasteiger partial charge in [0, 0.05) is 11.1 Å². The summed E-state index contributed by atoms with van der Waals surface area (Å²) in [6.45, 7) is 5.51. The van der Waals surface area contributed by atoms with Gasteiger partial charge < -0.3 is 20.2 Å². The van der Waals surface area contributed by atoms with Gasteiger partial charge in [0.2, 0.25) is 0 Å². The van der Waals surface area contributed by atoms with Gasteiger partial charge in [0.1, 0.15) is 22.1 Å². The maximum absolute atomic E-state index is 12.3. The quantitative estimate of drug-likeness (QED) is 0.748. The van der Waals surface area contributed by atoms with Crippen LogP contribution in [0, 0.1) is 19.8 Å². The smallest absolute Gasteiger partial charge is 0.315 e. The average Bonchev–Trinajstić information content (AvgIpc) is 3.12. The van der Waals surface area contributed by atoms with Gasteiger partial charge >= 0.3 is 6.03 Å². The Balaban J connectivity index is 1.58. The van der Waals surface area contributed by atoms with E-state index >= 15 is 0 Å². The zero-order chi connectivity index (χ0) is 17.3. The molecule has 2 heterocycles. The van der Waals surface area contributed by atoms with Gasteiger partial charge in [0.25, 0.3) is 0 Å². The minimum Gasteiger partial charge on any atom is -0.463 e. The van der Waals surface area contributed by atoms with E-state index in [1.807, 2.05) is 20.0 Å². The summed E-state index contributed by atoms with van der Waals surface area (Å²) in [6, 6.07) is 3.15. The number of rotatable bonds is 6. The summed E-state index contributed by atoms with van der Waals surface area (Å²) in [6.07, 6.45) is 4.04. The minimum atomic E-state index is -1.25. The van der Waals surface area contributed by atoms with Gasteiger partial charge in [-0.3, -0.25) is 0 Å². The van der Waals surface area contributed by atoms with Crippen molar-refractivity contribution >= 4 is 17.4 Å². The highest BCUT2D eigenvalue weighted by molar-refractivity contribution is 7.11. The number of urea groups is 1. The minimum absolute atomic E-state index is 0.0560. The van der Waals surface area contributed by atoms with Gasteiger partial charge in [-0.2, -0.15) is 0 Å². The summed E-state index contributed by atoms with van der Waals surface area (Å²) in [7, 11) is 0. The van der Waals surface area contributed by atoms with Crippen LogP contribution in [0.2, 0.25) is 0 Å². The topological polar surface area (TPSA) is 87.4 Å². The van der Waals surface area contributed by atoms with Crippen LogP contribution < -0.4 is 10.6 Å². The van der Waals surface area contributed by atoms with Crippen LogP contribution in [-0.4, -0.2) is 22.7 Å². The highest BCUT2D eigenvalue weighted by Gasteiger charge is 2.35. The molecule has 24 heavy (non-hydrogen) atoms. The fourth-order valence-corrected chi connectivity index (χ4v) is 3.50. The molecule has 2 unspecified atom stereocenters. The maximum Gasteiger partial charge on any atom is 0.315 e. The van der Waals surface area contributed by atoms with E-state index in [9.17, 15) is 9.90 Å². The van der Waals surface area contributed by atoms with E-state index in [0.717, 1.165) is 28.5 Å². The van der Waals surface area contributed by atoms with Crippen molar-refractivity contribution < 1.29 is 14.3 Å². The molecule has 0 spiro atoms. The summed E-state index contributed by atoms with van der Waals surface area (Å²) >= 11 is 1.61. The molecule has 3 rings (SSSR count). The van der Waals surface area contributed by atoms with Crippen LogP contribution in [0.5, 0.6) is 0 Å². The Hall–Kier alpha value is -1.86. The molecule has 0 radical (unpaired) electrons. The number of nitrogens with one attached hydrogen (secondary N) is 2. The number of thiazole rings is 1. The summed E-state index contributed by atoms with van der Waals surface area (Å²) in [5, 5.41) is 17.2. The predicted molar refractivity (Wildman–Crippen MR) is 91.9 cm³/mol. The van der Waals surface area contributed by atoms with Gasteiger partial charge in [-0.15, -0.1) is 11.3 Å². The zero-order valence-corrected chi connectivity index (χ0v) is 14.9. The van der Waals surface area contributed by atoms with E-state index in [2.05, 4.69) is 15.6 Å². The number of furan rings is 1. The van der Waals surface area contributed by atoms with Crippen LogP contribution in [0.15, 0.2) is 22.7 Å². The number of carbonyl (C=O) groups is 1. The highest BCUT2D eigenvalue weighted by Crippen LogP contribution is 2.42. The standard InChI is InChI=1S/C17H23N3O3S/c1-10-4-7-13(23-10)17(3,22)9-19-16(21)20-14(12-5-6-12)15-18-8-11(2)24-15/h4,7-8,12,14,22H,5-6,9H2,1-3H3,(H2,19,20,21). The normalized spacial score (nSPS) is 18.0. The first-order chi connectivity index (χ1) is 11.3. The summed E-state index contributed by atoms with van der Waals surface area (Å²) in [5.74, 6) is 1.62. The Morgan fingerprint density at radius 1 is 1.50 bits per heavy atom. The lowest BCUT2D eigenvalue weighted by Gasteiger charge is -2.23. The first kappa shape index (κ1) is 17.0. The molecule has 1 saturated carbocycles. The SMILES string of the molecule is Cc1ccc(C(C)(O)CNC(=O)NC(c2ncc(C)s2)C2CC2)o1. The molecule has 0 saturated heterocycles. The fraction of sp³-hybridized carbons (Fsp3) is 0.529. The van der Waals surface area contributed by atoms with Crippen molar-refractivity contribution in [2.75, 3.05) is 6.54 Å². The van der Waals surface area contributed by atoms with Crippen molar-refractivity contribution in [3.05, 3.63) is 39.7 Å². The number of aromatic nitrogens is 1. The summed E-state index contributed by atoms with van der Waals surface area (Å²) < 4.78 is 5.45. The van der Waals surface area contributed by atoms with Crippen molar-refractivity contribution in [3.63, 3.8) is 0 Å². The number of carbonyl (C=O) groups excluding carboxylic acids is 1. The lowest BCUT2D eigenvalue weighted by atomic mass is 10.0. The Morgan fingerprint density at radius 3 is 2.79 bits per heavy atom. The fourth-order valence-electron chi connectivity index (χ4n) is 2.58. The number of amides is 2. The predicted octanol–water partition coefficient (Wildman–Crippen LogP) is 3.01. The van der Waals surface area contributed by atoms with E-state index in [-0.39, 0.29) is 18.6 Å². The molecule has 0 bridgehead atoms. The van der Waals surface area contributed by atoms with E-state index < -0.39 is 5.60 Å². The number of nitrogens with zero attached hydrogens (tertiary/aromatic N) is 1. The third kappa shape index (κ3) is 3.96. The molecule has 7 heteroatoms. The Bertz CT molecular complexity index is 718. The van der Waals surface area contributed by atoms with Crippen LogP contribution in [-0.2, 0) is 5.60 Å². The summed E-state index contributed by atoms with van der Waals surface area (Å²) in [5.41, 5.74) is -1.25. The highest BCUT2D eigenvalue weighted by atomic mass is 32.1. The maximum atomic E-state index is 12.3. The molecule has 3 N–H and O–H groups in total. The van der Waals surface area contributed by atoms with Crippen LogP contribution in [0.1, 0.15) is 47.2 Å². The number of aliphatic hydroxyl groups is 1. The lowest BCUT2D eigenvalue weighted by Crippen LogP contribution is -2.44. The van der Waals surface area contributed by atoms with Gasteiger partial charge in [-0.25, -0.2) is 9.78 Å². The van der Waals surface area contributed by atoms with E-state index in [1.54, 1.807) is 30.4 Å². The Kier molecular flexibility index (Phi) is 4.64. The molecular weight excluding hydrogens is 326 g/mol. The first-order valence-electron chi connectivity index (χ1n) is 8.11. The second-order valence-corrected chi connectivity index (χ2v) is 7.90. The first-order valence-corrected chi connectivity index (χ1v) is 8.93. The van der Waals surface area contributed by atoms with Gasteiger partial charge in [-0.05, 0) is 51.7 Å². The van der Waals surface area contributed by atoms with Gasteiger partial charge in [0.15, 0.2) is 0 Å². The molecule has 0 aliphatic heterocycles. The van der Waals surface area contributed by atoms with E-state index in [4.69, 9.17) is 4.42 Å². The van der Waals surface area contributed by atoms with E-state index in [1.165, 1.54) is 0 Å². The molecule has 130 valence electrons. The summed E-state index contributed by atoms with van der Waals surface area (Å²) in [4.78, 5) is 17.8. The number of aryl methyl sites for hydroxylation is 2. The monoisotopic (exact) mass is 349 g/mol. The van der Waals surface area contributed by atoms with E-state index in [0.29, 0.717) is 11.7 Å². The van der Waals surface area contributed by atoms with Crippen LogP contribution in [0.4, 0.5) is 4.79 Å². The molecule has 0 aromatic carbocycles. The molecule has 6 nitrogen and oxygen atoms in total. The largest absolute Gasteiger partial charge is 0.463 e. The van der Waals surface area contributed by atoms with Crippen LogP contribution in [0.25, 0.3) is 0 Å². The van der Waals surface area contributed by atoms with Crippen molar-refractivity contribution in [1.82, 2.24) is 15.6 Å². The third-order valence-electron chi connectivity index (χ3n) is 4.15. The molecule has 2 aromatic rings. The van der Waals surface area contributed by atoms with Crippen LogP contribution >= 0.6 is 11.3 Å². The molecule has 2 aromatic heterocycles. The van der Waals surface area contributed by atoms with Crippen molar-refractivity contribution in [1.29, 1.82) is 0 Å². The average molecular weight is 349 g/mol.